The number of nitrogens with one attached hydrogen (secondary N) is 1. The second-order valence-corrected chi connectivity index (χ2v) is 9.22. The van der Waals surface area contributed by atoms with Crippen LogP contribution in [0.4, 0.5) is 14.9 Å². The van der Waals surface area contributed by atoms with Crippen LogP contribution in [0, 0.1) is 11.7 Å². The third-order valence-corrected chi connectivity index (χ3v) is 6.19. The highest BCUT2D eigenvalue weighted by Gasteiger charge is 2.28. The van der Waals surface area contributed by atoms with Gasteiger partial charge in [-0.2, -0.15) is 0 Å². The summed E-state index contributed by atoms with van der Waals surface area (Å²) in [5.74, 6) is 0.205. The van der Waals surface area contributed by atoms with Crippen LogP contribution < -0.4 is 5.32 Å². The molecule has 0 bridgehead atoms. The SMILES string of the molecule is CC(C)CC(C)N1CCO[C@@H](CN2CCN(C(=O)Nc3ccc(F)c(Cl)c3)CC2)C1. The molecule has 2 atom stereocenters. The lowest BCUT2D eigenvalue weighted by Crippen LogP contribution is -2.55. The largest absolute Gasteiger partial charge is 0.374 e. The summed E-state index contributed by atoms with van der Waals surface area (Å²) in [6, 6.07) is 4.60. The first-order valence-corrected chi connectivity index (χ1v) is 11.3. The first-order chi connectivity index (χ1) is 14.3. The highest BCUT2D eigenvalue weighted by molar-refractivity contribution is 6.31. The standard InChI is InChI=1S/C22H34ClFN4O2/c1-16(2)12-17(3)28-10-11-30-19(15-28)14-26-6-8-27(9-7-26)22(29)25-18-4-5-21(24)20(23)13-18/h4-5,13,16-17,19H,6-12,14-15H2,1-3H3,(H,25,29)/t17?,19-/m0/s1. The molecule has 0 radical (unpaired) electrons. The second-order valence-electron chi connectivity index (χ2n) is 8.81. The third kappa shape index (κ3) is 6.54. The Morgan fingerprint density at radius 2 is 1.97 bits per heavy atom. The molecule has 168 valence electrons. The Hall–Kier alpha value is -1.41. The summed E-state index contributed by atoms with van der Waals surface area (Å²) in [5.41, 5.74) is 0.500. The number of anilines is 1. The van der Waals surface area contributed by atoms with Crippen LogP contribution in [0.25, 0.3) is 0 Å². The quantitative estimate of drug-likeness (QED) is 0.731. The van der Waals surface area contributed by atoms with Crippen LogP contribution >= 0.6 is 11.6 Å². The Morgan fingerprint density at radius 1 is 1.23 bits per heavy atom. The summed E-state index contributed by atoms with van der Waals surface area (Å²) in [7, 11) is 0. The van der Waals surface area contributed by atoms with Gasteiger partial charge in [-0.25, -0.2) is 9.18 Å². The van der Waals surface area contributed by atoms with Gasteiger partial charge >= 0.3 is 6.03 Å². The van der Waals surface area contributed by atoms with Crippen molar-refractivity contribution >= 4 is 23.3 Å². The number of piperazine rings is 1. The van der Waals surface area contributed by atoms with Crippen molar-refractivity contribution in [1.29, 1.82) is 0 Å². The minimum Gasteiger partial charge on any atom is -0.374 e. The Balaban J connectivity index is 1.42. The molecule has 30 heavy (non-hydrogen) atoms. The van der Waals surface area contributed by atoms with E-state index in [9.17, 15) is 9.18 Å². The molecule has 1 aromatic rings. The minimum absolute atomic E-state index is 0.00172. The van der Waals surface area contributed by atoms with Crippen molar-refractivity contribution in [1.82, 2.24) is 14.7 Å². The molecule has 6 nitrogen and oxygen atoms in total. The van der Waals surface area contributed by atoms with E-state index in [4.69, 9.17) is 16.3 Å². The lowest BCUT2D eigenvalue weighted by Gasteiger charge is -2.41. The van der Waals surface area contributed by atoms with Gasteiger partial charge in [-0.1, -0.05) is 25.4 Å². The molecule has 0 aromatic heterocycles. The summed E-state index contributed by atoms with van der Waals surface area (Å²) in [6.07, 6.45) is 1.43. The zero-order valence-corrected chi connectivity index (χ0v) is 19.0. The van der Waals surface area contributed by atoms with Gasteiger partial charge in [0.15, 0.2) is 0 Å². The highest BCUT2D eigenvalue weighted by Crippen LogP contribution is 2.20. The van der Waals surface area contributed by atoms with Crippen molar-refractivity contribution in [2.45, 2.75) is 39.3 Å². The fourth-order valence-corrected chi connectivity index (χ4v) is 4.46. The van der Waals surface area contributed by atoms with E-state index in [1.54, 1.807) is 4.90 Å². The smallest absolute Gasteiger partial charge is 0.321 e. The number of ether oxygens (including phenoxy) is 1. The van der Waals surface area contributed by atoms with Gasteiger partial charge in [-0.15, -0.1) is 0 Å². The number of nitrogens with zero attached hydrogens (tertiary/aromatic N) is 3. The molecule has 2 aliphatic rings. The van der Waals surface area contributed by atoms with E-state index in [-0.39, 0.29) is 17.2 Å². The third-order valence-electron chi connectivity index (χ3n) is 5.90. The number of hydrogen-bond acceptors (Lipinski definition) is 4. The summed E-state index contributed by atoms with van der Waals surface area (Å²) in [5, 5.41) is 2.80. The summed E-state index contributed by atoms with van der Waals surface area (Å²) in [4.78, 5) is 19.2. The van der Waals surface area contributed by atoms with Crippen molar-refractivity contribution in [3.05, 3.63) is 29.0 Å². The topological polar surface area (TPSA) is 48.1 Å². The minimum atomic E-state index is -0.495. The predicted molar refractivity (Wildman–Crippen MR) is 119 cm³/mol. The van der Waals surface area contributed by atoms with Crippen LogP contribution in [0.2, 0.25) is 5.02 Å². The number of carbonyl (C=O) groups is 1. The van der Waals surface area contributed by atoms with E-state index >= 15 is 0 Å². The van der Waals surface area contributed by atoms with Gasteiger partial charge in [-0.3, -0.25) is 9.80 Å². The zero-order chi connectivity index (χ0) is 21.7. The Kier molecular flexibility index (Phi) is 8.34. The lowest BCUT2D eigenvalue weighted by atomic mass is 10.0. The first-order valence-electron chi connectivity index (χ1n) is 10.9. The van der Waals surface area contributed by atoms with Crippen LogP contribution in [0.1, 0.15) is 27.2 Å². The van der Waals surface area contributed by atoms with Crippen molar-refractivity contribution in [2.24, 2.45) is 5.92 Å². The van der Waals surface area contributed by atoms with Gasteiger partial charge in [0, 0.05) is 57.5 Å². The van der Waals surface area contributed by atoms with Crippen LogP contribution in [-0.2, 0) is 4.74 Å². The van der Waals surface area contributed by atoms with E-state index in [0.29, 0.717) is 30.7 Å². The molecule has 1 aromatic carbocycles. The zero-order valence-electron chi connectivity index (χ0n) is 18.2. The van der Waals surface area contributed by atoms with Gasteiger partial charge in [0.2, 0.25) is 0 Å². The van der Waals surface area contributed by atoms with Crippen LogP contribution in [0.3, 0.4) is 0 Å². The van der Waals surface area contributed by atoms with E-state index in [2.05, 4.69) is 35.9 Å². The highest BCUT2D eigenvalue weighted by atomic mass is 35.5. The van der Waals surface area contributed by atoms with Crippen molar-refractivity contribution in [3.8, 4) is 0 Å². The fourth-order valence-electron chi connectivity index (χ4n) is 4.28. The molecular formula is C22H34ClFN4O2. The van der Waals surface area contributed by atoms with Gasteiger partial charge < -0.3 is 15.0 Å². The first kappa shape index (κ1) is 23.3. The molecule has 1 N–H and O–H groups in total. The van der Waals surface area contributed by atoms with Crippen LogP contribution in [-0.4, -0.2) is 85.3 Å². The van der Waals surface area contributed by atoms with Gasteiger partial charge in [-0.05, 0) is 37.5 Å². The Bertz CT molecular complexity index is 712. The molecule has 3 rings (SSSR count). The monoisotopic (exact) mass is 440 g/mol. The van der Waals surface area contributed by atoms with Crippen molar-refractivity contribution in [2.75, 3.05) is 57.7 Å². The number of rotatable bonds is 6. The van der Waals surface area contributed by atoms with E-state index in [1.165, 1.54) is 24.6 Å². The molecule has 0 saturated carbocycles. The molecule has 8 heteroatoms. The molecular weight excluding hydrogens is 407 g/mol. The maximum Gasteiger partial charge on any atom is 0.321 e. The number of hydrogen-bond donors (Lipinski definition) is 1. The number of carbonyl (C=O) groups excluding carboxylic acids is 1. The van der Waals surface area contributed by atoms with Gasteiger partial charge in [0.1, 0.15) is 5.82 Å². The molecule has 2 heterocycles. The molecule has 0 spiro atoms. The second kappa shape index (κ2) is 10.8. The number of urea groups is 1. The molecule has 2 fully saturated rings. The molecule has 1 unspecified atom stereocenters. The van der Waals surface area contributed by atoms with Crippen molar-refractivity contribution < 1.29 is 13.9 Å². The number of amides is 2. The van der Waals surface area contributed by atoms with E-state index in [0.717, 1.165) is 39.3 Å². The number of benzene rings is 1. The van der Waals surface area contributed by atoms with E-state index in [1.807, 2.05) is 0 Å². The molecule has 2 amide bonds. The maximum absolute atomic E-state index is 13.3. The van der Waals surface area contributed by atoms with Crippen LogP contribution in [0.5, 0.6) is 0 Å². The predicted octanol–water partition coefficient (Wildman–Crippen LogP) is 3.76. The van der Waals surface area contributed by atoms with Gasteiger partial charge in [0.25, 0.3) is 0 Å². The average Bonchev–Trinajstić information content (AvgIpc) is 2.71. The van der Waals surface area contributed by atoms with Gasteiger partial charge in [0.05, 0.1) is 17.7 Å². The summed E-state index contributed by atoms with van der Waals surface area (Å²) >= 11 is 5.79. The normalized spacial score (nSPS) is 22.3. The Morgan fingerprint density at radius 3 is 2.63 bits per heavy atom. The number of halogens is 2. The maximum atomic E-state index is 13.3. The number of morpholine rings is 1. The summed E-state index contributed by atoms with van der Waals surface area (Å²) in [6.45, 7) is 13.5. The Labute approximate surface area is 184 Å². The van der Waals surface area contributed by atoms with Crippen LogP contribution in [0.15, 0.2) is 18.2 Å². The van der Waals surface area contributed by atoms with E-state index < -0.39 is 5.82 Å². The van der Waals surface area contributed by atoms with Crippen molar-refractivity contribution in [3.63, 3.8) is 0 Å². The lowest BCUT2D eigenvalue weighted by molar-refractivity contribution is -0.0589. The molecule has 0 aliphatic carbocycles. The summed E-state index contributed by atoms with van der Waals surface area (Å²) < 4.78 is 19.3. The molecule has 2 saturated heterocycles. The fraction of sp³-hybridized carbons (Fsp3) is 0.682. The average molecular weight is 441 g/mol. The molecule has 2 aliphatic heterocycles.